The molecule has 0 aromatic carbocycles. The van der Waals surface area contributed by atoms with Gasteiger partial charge in [-0.15, -0.1) is 10.2 Å². The summed E-state index contributed by atoms with van der Waals surface area (Å²) in [6.45, 7) is 2.78. The fourth-order valence-corrected chi connectivity index (χ4v) is 3.16. The number of hydrogen-bond donors (Lipinski definition) is 1. The van der Waals surface area contributed by atoms with E-state index in [1.807, 2.05) is 4.90 Å². The maximum Gasteiger partial charge on any atom is 0.445 e. The summed E-state index contributed by atoms with van der Waals surface area (Å²) >= 11 is 0.620. The molecule has 0 radical (unpaired) electrons. The van der Waals surface area contributed by atoms with Gasteiger partial charge in [0, 0.05) is 32.8 Å². The van der Waals surface area contributed by atoms with Gasteiger partial charge in [-0.25, -0.2) is 0 Å². The van der Waals surface area contributed by atoms with Crippen molar-refractivity contribution in [1.82, 2.24) is 15.5 Å². The van der Waals surface area contributed by atoms with Crippen molar-refractivity contribution in [2.75, 3.05) is 38.3 Å². The molecule has 2 rings (SSSR count). The number of nitrogens with zero attached hydrogens (tertiary/aromatic N) is 3. The summed E-state index contributed by atoms with van der Waals surface area (Å²) in [4.78, 5) is 1.94. The Morgan fingerprint density at radius 1 is 1.38 bits per heavy atom. The third kappa shape index (κ3) is 4.52. The predicted octanol–water partition coefficient (Wildman–Crippen LogP) is 2.15. The molecule has 1 aliphatic heterocycles. The van der Waals surface area contributed by atoms with Gasteiger partial charge in [-0.05, 0) is 19.3 Å². The molecule has 1 aromatic heterocycles. The molecule has 0 saturated carbocycles. The molecule has 0 spiro atoms. The minimum absolute atomic E-state index is 0.157. The number of nitrogens with one attached hydrogen (secondary N) is 1. The first-order valence-electron chi connectivity index (χ1n) is 6.89. The Balaban J connectivity index is 1.99. The normalized spacial score (nSPS) is 20.0. The zero-order valence-corrected chi connectivity index (χ0v) is 12.6. The molecule has 0 aliphatic carbocycles. The van der Waals surface area contributed by atoms with Gasteiger partial charge in [-0.2, -0.15) is 13.2 Å². The molecule has 1 atom stereocenters. The second-order valence-corrected chi connectivity index (χ2v) is 5.88. The molecule has 1 aromatic rings. The standard InChI is InChI=1S/C12H19F3N4OS/c1-20-7-5-16-8-9-4-2-3-6-19(9)11-18-17-10(21-11)12(13,14)15/h9,16H,2-8H2,1H3. The van der Waals surface area contributed by atoms with Gasteiger partial charge in [0.15, 0.2) is 0 Å². The molecule has 21 heavy (non-hydrogen) atoms. The second-order valence-electron chi connectivity index (χ2n) is 4.93. The Kier molecular flexibility index (Phi) is 5.77. The molecular weight excluding hydrogens is 305 g/mol. The van der Waals surface area contributed by atoms with E-state index in [-0.39, 0.29) is 6.04 Å². The van der Waals surface area contributed by atoms with E-state index >= 15 is 0 Å². The topological polar surface area (TPSA) is 50.3 Å². The zero-order chi connectivity index (χ0) is 15.3. The van der Waals surface area contributed by atoms with Gasteiger partial charge in [0.1, 0.15) is 0 Å². The molecule has 5 nitrogen and oxygen atoms in total. The van der Waals surface area contributed by atoms with Gasteiger partial charge in [-0.3, -0.25) is 0 Å². The van der Waals surface area contributed by atoms with E-state index in [0.29, 0.717) is 29.6 Å². The summed E-state index contributed by atoms with van der Waals surface area (Å²) in [7, 11) is 1.63. The lowest BCUT2D eigenvalue weighted by Gasteiger charge is -2.35. The fraction of sp³-hybridized carbons (Fsp3) is 0.833. The lowest BCUT2D eigenvalue weighted by molar-refractivity contribution is -0.138. The molecule has 0 amide bonds. The van der Waals surface area contributed by atoms with E-state index in [9.17, 15) is 13.2 Å². The first-order chi connectivity index (χ1) is 10.0. The number of ether oxygens (including phenoxy) is 1. The van der Waals surface area contributed by atoms with Gasteiger partial charge in [0.2, 0.25) is 10.1 Å². The molecule has 0 bridgehead atoms. The van der Waals surface area contributed by atoms with Crippen molar-refractivity contribution in [3.63, 3.8) is 0 Å². The Hall–Kier alpha value is -0.930. The number of piperidine rings is 1. The summed E-state index contributed by atoms with van der Waals surface area (Å²) in [5, 5.41) is 9.73. The smallest absolute Gasteiger partial charge is 0.383 e. The van der Waals surface area contributed by atoms with Crippen LogP contribution in [-0.4, -0.2) is 49.6 Å². The summed E-state index contributed by atoms with van der Waals surface area (Å²) < 4.78 is 42.8. The second kappa shape index (κ2) is 7.37. The maximum atomic E-state index is 12.6. The highest BCUT2D eigenvalue weighted by molar-refractivity contribution is 7.15. The minimum Gasteiger partial charge on any atom is -0.383 e. The number of alkyl halides is 3. The average molecular weight is 324 g/mol. The van der Waals surface area contributed by atoms with Gasteiger partial charge in [-0.1, -0.05) is 11.3 Å². The van der Waals surface area contributed by atoms with Crippen LogP contribution in [0.5, 0.6) is 0 Å². The van der Waals surface area contributed by atoms with Crippen LogP contribution in [0.3, 0.4) is 0 Å². The Morgan fingerprint density at radius 3 is 2.86 bits per heavy atom. The quantitative estimate of drug-likeness (QED) is 0.813. The highest BCUT2D eigenvalue weighted by Crippen LogP contribution is 2.35. The fourth-order valence-electron chi connectivity index (χ4n) is 2.35. The summed E-state index contributed by atoms with van der Waals surface area (Å²) in [5.41, 5.74) is 0. The summed E-state index contributed by atoms with van der Waals surface area (Å²) in [6, 6.07) is 0.157. The number of aromatic nitrogens is 2. The third-order valence-electron chi connectivity index (χ3n) is 3.39. The molecule has 120 valence electrons. The Labute approximate surface area is 125 Å². The number of hydrogen-bond acceptors (Lipinski definition) is 6. The summed E-state index contributed by atoms with van der Waals surface area (Å²) in [5.74, 6) is 0. The third-order valence-corrected chi connectivity index (χ3v) is 4.40. The van der Waals surface area contributed by atoms with Gasteiger partial charge >= 0.3 is 6.18 Å². The minimum atomic E-state index is -4.42. The van der Waals surface area contributed by atoms with Crippen LogP contribution in [0, 0.1) is 0 Å². The van der Waals surface area contributed by atoms with E-state index in [2.05, 4.69) is 15.5 Å². The molecular formula is C12H19F3N4OS. The van der Waals surface area contributed by atoms with E-state index in [4.69, 9.17) is 4.74 Å². The monoisotopic (exact) mass is 324 g/mol. The van der Waals surface area contributed by atoms with E-state index in [1.165, 1.54) is 0 Å². The molecule has 1 unspecified atom stereocenters. The number of methoxy groups -OCH3 is 1. The van der Waals surface area contributed by atoms with Crippen molar-refractivity contribution in [1.29, 1.82) is 0 Å². The van der Waals surface area contributed by atoms with Crippen LogP contribution in [0.15, 0.2) is 0 Å². The number of rotatable bonds is 6. The van der Waals surface area contributed by atoms with Crippen LogP contribution in [0.2, 0.25) is 0 Å². The van der Waals surface area contributed by atoms with Crippen LogP contribution in [0.25, 0.3) is 0 Å². The van der Waals surface area contributed by atoms with Crippen molar-refractivity contribution >= 4 is 16.5 Å². The van der Waals surface area contributed by atoms with Crippen LogP contribution >= 0.6 is 11.3 Å². The lowest BCUT2D eigenvalue weighted by atomic mass is 10.0. The molecule has 1 fully saturated rings. The number of halogens is 3. The molecule has 2 heterocycles. The maximum absolute atomic E-state index is 12.6. The predicted molar refractivity (Wildman–Crippen MR) is 74.6 cm³/mol. The SMILES string of the molecule is COCCNCC1CCCCN1c1nnc(C(F)(F)F)s1. The average Bonchev–Trinajstić information content (AvgIpc) is 2.94. The van der Waals surface area contributed by atoms with Crippen molar-refractivity contribution in [3.8, 4) is 0 Å². The van der Waals surface area contributed by atoms with E-state index < -0.39 is 11.2 Å². The number of anilines is 1. The van der Waals surface area contributed by atoms with Crippen LogP contribution in [0.4, 0.5) is 18.3 Å². The first-order valence-corrected chi connectivity index (χ1v) is 7.71. The Morgan fingerprint density at radius 2 is 2.19 bits per heavy atom. The highest BCUT2D eigenvalue weighted by Gasteiger charge is 2.37. The molecule has 1 aliphatic rings. The van der Waals surface area contributed by atoms with Crippen molar-refractivity contribution < 1.29 is 17.9 Å². The van der Waals surface area contributed by atoms with Gasteiger partial charge in [0.25, 0.3) is 0 Å². The van der Waals surface area contributed by atoms with Gasteiger partial charge in [0.05, 0.1) is 6.61 Å². The van der Waals surface area contributed by atoms with Crippen LogP contribution in [-0.2, 0) is 10.9 Å². The molecule has 9 heteroatoms. The van der Waals surface area contributed by atoms with Crippen LogP contribution < -0.4 is 10.2 Å². The van der Waals surface area contributed by atoms with Crippen molar-refractivity contribution in [2.45, 2.75) is 31.5 Å². The zero-order valence-electron chi connectivity index (χ0n) is 11.8. The van der Waals surface area contributed by atoms with Crippen molar-refractivity contribution in [3.05, 3.63) is 5.01 Å². The van der Waals surface area contributed by atoms with E-state index in [1.54, 1.807) is 7.11 Å². The molecule has 1 saturated heterocycles. The summed E-state index contributed by atoms with van der Waals surface area (Å²) in [6.07, 6.45) is -1.42. The largest absolute Gasteiger partial charge is 0.445 e. The Bertz CT molecular complexity index is 440. The van der Waals surface area contributed by atoms with Gasteiger partial charge < -0.3 is 15.0 Å². The van der Waals surface area contributed by atoms with Crippen LogP contribution in [0.1, 0.15) is 24.3 Å². The first kappa shape index (κ1) is 16.4. The molecule has 1 N–H and O–H groups in total. The van der Waals surface area contributed by atoms with E-state index in [0.717, 1.165) is 32.4 Å². The highest BCUT2D eigenvalue weighted by atomic mass is 32.1. The lowest BCUT2D eigenvalue weighted by Crippen LogP contribution is -2.46. The van der Waals surface area contributed by atoms with Crippen molar-refractivity contribution in [2.24, 2.45) is 0 Å².